The Bertz CT molecular complexity index is 729. The molecule has 1 heterocycles. The number of hydrogen-bond donors (Lipinski definition) is 2. The number of hydrazone groups is 1. The number of fused-ring (bicyclic) bond motifs is 1. The summed E-state index contributed by atoms with van der Waals surface area (Å²) in [7, 11) is 1.48. The molecule has 120 valence electrons. The maximum atomic E-state index is 12.2. The molecule has 0 fully saturated rings. The summed E-state index contributed by atoms with van der Waals surface area (Å²) in [5, 5.41) is 13.9. The molecule has 0 atom stereocenters. The number of phenols is 1. The summed E-state index contributed by atoms with van der Waals surface area (Å²) < 4.78 is 5.03. The fourth-order valence-electron chi connectivity index (χ4n) is 2.63. The molecule has 1 aliphatic rings. The Hall–Kier alpha value is -2.34. The van der Waals surface area contributed by atoms with Crippen molar-refractivity contribution < 1.29 is 14.6 Å². The van der Waals surface area contributed by atoms with Gasteiger partial charge >= 0.3 is 0 Å². The molecule has 23 heavy (non-hydrogen) atoms. The van der Waals surface area contributed by atoms with Crippen molar-refractivity contribution in [1.82, 2.24) is 5.43 Å². The number of benzene rings is 1. The van der Waals surface area contributed by atoms with Gasteiger partial charge in [-0.2, -0.15) is 5.10 Å². The number of para-hydroxylation sites is 1. The van der Waals surface area contributed by atoms with E-state index in [1.807, 2.05) is 6.07 Å². The Morgan fingerprint density at radius 3 is 3.00 bits per heavy atom. The van der Waals surface area contributed by atoms with E-state index in [1.54, 1.807) is 29.5 Å². The van der Waals surface area contributed by atoms with Crippen LogP contribution in [0.3, 0.4) is 0 Å². The number of nitrogens with zero attached hydrogens (tertiary/aromatic N) is 1. The SMILES string of the molecule is COc1cccc(C=NNC(=O)c2cc3c(s2)CCCC3)c1O. The topological polar surface area (TPSA) is 70.9 Å². The van der Waals surface area contributed by atoms with Gasteiger partial charge in [-0.3, -0.25) is 4.79 Å². The molecule has 2 aromatic rings. The zero-order valence-corrected chi connectivity index (χ0v) is 13.7. The molecule has 2 N–H and O–H groups in total. The number of phenolic OH excluding ortho intramolecular Hbond substituents is 1. The summed E-state index contributed by atoms with van der Waals surface area (Å²) >= 11 is 1.54. The highest BCUT2D eigenvalue weighted by Gasteiger charge is 2.16. The van der Waals surface area contributed by atoms with Crippen molar-refractivity contribution in [1.29, 1.82) is 0 Å². The minimum atomic E-state index is -0.219. The highest BCUT2D eigenvalue weighted by atomic mass is 32.1. The molecule has 1 amide bonds. The minimum absolute atomic E-state index is 0.000383. The van der Waals surface area contributed by atoms with Crippen LogP contribution in [0.1, 0.15) is 38.5 Å². The molecule has 0 spiro atoms. The Kier molecular flexibility index (Phi) is 4.62. The quantitative estimate of drug-likeness (QED) is 0.668. The number of aryl methyl sites for hydroxylation is 2. The van der Waals surface area contributed by atoms with Crippen molar-refractivity contribution in [3.63, 3.8) is 0 Å². The first kappa shape index (κ1) is 15.6. The predicted octanol–water partition coefficient (Wildman–Crippen LogP) is 3.11. The normalized spacial score (nSPS) is 13.8. The molecule has 0 aliphatic heterocycles. The molecule has 0 saturated carbocycles. The highest BCUT2D eigenvalue weighted by Crippen LogP contribution is 2.30. The third-order valence-electron chi connectivity index (χ3n) is 3.84. The lowest BCUT2D eigenvalue weighted by atomic mass is 9.99. The van der Waals surface area contributed by atoms with E-state index in [0.29, 0.717) is 16.2 Å². The highest BCUT2D eigenvalue weighted by molar-refractivity contribution is 7.14. The first-order valence-corrected chi connectivity index (χ1v) is 8.31. The van der Waals surface area contributed by atoms with Crippen LogP contribution < -0.4 is 10.2 Å². The Morgan fingerprint density at radius 1 is 1.39 bits per heavy atom. The third kappa shape index (κ3) is 3.37. The lowest BCUT2D eigenvalue weighted by Crippen LogP contribution is -2.16. The maximum Gasteiger partial charge on any atom is 0.281 e. The van der Waals surface area contributed by atoms with Gasteiger partial charge in [0.05, 0.1) is 18.2 Å². The van der Waals surface area contributed by atoms with Crippen LogP contribution in [0, 0.1) is 0 Å². The average Bonchev–Trinajstić information content (AvgIpc) is 3.00. The number of carbonyl (C=O) groups is 1. The van der Waals surface area contributed by atoms with Crippen LogP contribution in [0.5, 0.6) is 11.5 Å². The maximum absolute atomic E-state index is 12.2. The predicted molar refractivity (Wildman–Crippen MR) is 90.7 cm³/mol. The van der Waals surface area contributed by atoms with Crippen LogP contribution >= 0.6 is 11.3 Å². The molecule has 1 aromatic heterocycles. The number of carbonyl (C=O) groups excluding carboxylic acids is 1. The Morgan fingerprint density at radius 2 is 2.22 bits per heavy atom. The second-order valence-electron chi connectivity index (χ2n) is 5.36. The van der Waals surface area contributed by atoms with E-state index in [2.05, 4.69) is 10.5 Å². The summed E-state index contributed by atoms with van der Waals surface area (Å²) in [5.41, 5.74) is 4.28. The number of thiophene rings is 1. The average molecular weight is 330 g/mol. The summed E-state index contributed by atoms with van der Waals surface area (Å²) in [4.78, 5) is 14.2. The number of nitrogens with one attached hydrogen (secondary N) is 1. The van der Waals surface area contributed by atoms with E-state index < -0.39 is 0 Å². The molecule has 6 heteroatoms. The summed E-state index contributed by atoms with van der Waals surface area (Å²) in [6.07, 6.45) is 5.91. The zero-order valence-electron chi connectivity index (χ0n) is 12.8. The van der Waals surface area contributed by atoms with Crippen LogP contribution in [0.25, 0.3) is 0 Å². The lowest BCUT2D eigenvalue weighted by molar-refractivity contribution is 0.0959. The van der Waals surface area contributed by atoms with Crippen LogP contribution in [0.4, 0.5) is 0 Å². The van der Waals surface area contributed by atoms with Gasteiger partial charge in [0.15, 0.2) is 11.5 Å². The van der Waals surface area contributed by atoms with Crippen LogP contribution in [-0.4, -0.2) is 24.3 Å². The number of rotatable bonds is 4. The number of hydrogen-bond acceptors (Lipinski definition) is 5. The summed E-state index contributed by atoms with van der Waals surface area (Å²) in [6.45, 7) is 0. The summed E-state index contributed by atoms with van der Waals surface area (Å²) in [5.74, 6) is 0.147. The van der Waals surface area contributed by atoms with Crippen LogP contribution in [-0.2, 0) is 12.8 Å². The third-order valence-corrected chi connectivity index (χ3v) is 5.08. The molecule has 0 bridgehead atoms. The van der Waals surface area contributed by atoms with Gasteiger partial charge < -0.3 is 9.84 Å². The minimum Gasteiger partial charge on any atom is -0.504 e. The molecular weight excluding hydrogens is 312 g/mol. The molecule has 1 aromatic carbocycles. The van der Waals surface area contributed by atoms with E-state index in [1.165, 1.54) is 36.6 Å². The smallest absolute Gasteiger partial charge is 0.281 e. The van der Waals surface area contributed by atoms with Gasteiger partial charge in [0.25, 0.3) is 5.91 Å². The van der Waals surface area contributed by atoms with Crippen LogP contribution in [0.15, 0.2) is 29.4 Å². The monoisotopic (exact) mass is 330 g/mol. The van der Waals surface area contributed by atoms with Gasteiger partial charge in [-0.1, -0.05) is 6.07 Å². The Balaban J connectivity index is 1.68. The molecule has 0 unspecified atom stereocenters. The molecular formula is C17H18N2O3S. The van der Waals surface area contributed by atoms with E-state index in [9.17, 15) is 9.90 Å². The van der Waals surface area contributed by atoms with E-state index in [0.717, 1.165) is 12.8 Å². The van der Waals surface area contributed by atoms with E-state index >= 15 is 0 Å². The molecule has 0 saturated heterocycles. The van der Waals surface area contributed by atoms with Gasteiger partial charge in [-0.05, 0) is 49.4 Å². The molecule has 1 aliphatic carbocycles. The lowest BCUT2D eigenvalue weighted by Gasteiger charge is -2.08. The van der Waals surface area contributed by atoms with Gasteiger partial charge in [0.1, 0.15) is 0 Å². The number of aromatic hydroxyl groups is 1. The van der Waals surface area contributed by atoms with Gasteiger partial charge in [-0.25, -0.2) is 5.43 Å². The van der Waals surface area contributed by atoms with Crippen molar-refractivity contribution in [3.05, 3.63) is 45.1 Å². The van der Waals surface area contributed by atoms with Crippen molar-refractivity contribution in [2.45, 2.75) is 25.7 Å². The molecule has 3 rings (SSSR count). The standard InChI is InChI=1S/C17H18N2O3S/c1-22-13-7-4-6-12(16(13)20)10-18-19-17(21)15-9-11-5-2-3-8-14(11)23-15/h4,6-7,9-10,20H,2-3,5,8H2,1H3,(H,19,21). The van der Waals surface area contributed by atoms with Crippen molar-refractivity contribution in [2.75, 3.05) is 7.11 Å². The molecule has 5 nitrogen and oxygen atoms in total. The Labute approximate surface area is 138 Å². The first-order chi connectivity index (χ1) is 11.2. The van der Waals surface area contributed by atoms with Gasteiger partial charge in [0.2, 0.25) is 0 Å². The number of ether oxygens (including phenoxy) is 1. The fraction of sp³-hybridized carbons (Fsp3) is 0.294. The van der Waals surface area contributed by atoms with Crippen molar-refractivity contribution in [3.8, 4) is 11.5 Å². The zero-order chi connectivity index (χ0) is 16.2. The van der Waals surface area contributed by atoms with Crippen LogP contribution in [0.2, 0.25) is 0 Å². The molecule has 0 radical (unpaired) electrons. The van der Waals surface area contributed by atoms with E-state index in [4.69, 9.17) is 4.74 Å². The largest absolute Gasteiger partial charge is 0.504 e. The van der Waals surface area contributed by atoms with Gasteiger partial charge in [-0.15, -0.1) is 11.3 Å². The first-order valence-electron chi connectivity index (χ1n) is 7.50. The van der Waals surface area contributed by atoms with E-state index in [-0.39, 0.29) is 11.7 Å². The number of amides is 1. The van der Waals surface area contributed by atoms with Crippen molar-refractivity contribution >= 4 is 23.5 Å². The number of methoxy groups -OCH3 is 1. The second kappa shape index (κ2) is 6.83. The van der Waals surface area contributed by atoms with Crippen molar-refractivity contribution in [2.24, 2.45) is 5.10 Å². The summed E-state index contributed by atoms with van der Waals surface area (Å²) in [6, 6.07) is 7.06. The van der Waals surface area contributed by atoms with Gasteiger partial charge in [0, 0.05) is 10.4 Å². The fourth-order valence-corrected chi connectivity index (χ4v) is 3.77. The second-order valence-corrected chi connectivity index (χ2v) is 6.50.